The second kappa shape index (κ2) is 6.21. The molecule has 0 aromatic carbocycles. The number of nitrogens with one attached hydrogen (secondary N) is 2. The fourth-order valence-electron chi connectivity index (χ4n) is 1.99. The Kier molecular flexibility index (Phi) is 5.13. The van der Waals surface area contributed by atoms with E-state index in [1.54, 1.807) is 7.11 Å². The summed E-state index contributed by atoms with van der Waals surface area (Å²) in [4.78, 5) is 22.0. The fourth-order valence-corrected chi connectivity index (χ4v) is 1.99. The molecule has 2 amide bonds. The van der Waals surface area contributed by atoms with Crippen molar-refractivity contribution in [1.29, 1.82) is 0 Å². The van der Waals surface area contributed by atoms with Gasteiger partial charge in [0.25, 0.3) is 0 Å². The van der Waals surface area contributed by atoms with Gasteiger partial charge in [-0.2, -0.15) is 0 Å². The van der Waals surface area contributed by atoms with Crippen molar-refractivity contribution in [2.45, 2.75) is 43.8 Å². The number of carbonyl (C=O) groups is 2. The van der Waals surface area contributed by atoms with Gasteiger partial charge in [0, 0.05) is 20.2 Å². The normalized spacial score (nSPS) is 19.9. The van der Waals surface area contributed by atoms with Crippen molar-refractivity contribution in [3.05, 3.63) is 0 Å². The van der Waals surface area contributed by atoms with Crippen molar-refractivity contribution in [1.82, 2.24) is 10.6 Å². The first-order valence-corrected chi connectivity index (χ1v) is 6.30. The van der Waals surface area contributed by atoms with Crippen LogP contribution in [0, 0.1) is 0 Å². The number of rotatable bonds is 7. The lowest BCUT2D eigenvalue weighted by Crippen LogP contribution is -2.53. The van der Waals surface area contributed by atoms with E-state index in [2.05, 4.69) is 10.6 Å². The standard InChI is InChI=1S/C12H22N2O5/c1-11(18,6-9(15)16)7-13-10(17)14-8-12(19-2)4-3-5-12/h18H,3-8H2,1-2H3,(H,15,16)(H2,13,14,17). The highest BCUT2D eigenvalue weighted by Gasteiger charge is 2.37. The number of methoxy groups -OCH3 is 1. The van der Waals surface area contributed by atoms with E-state index in [1.165, 1.54) is 6.92 Å². The molecule has 0 saturated heterocycles. The van der Waals surface area contributed by atoms with Crippen LogP contribution in [0.5, 0.6) is 0 Å². The van der Waals surface area contributed by atoms with E-state index in [-0.39, 0.29) is 12.1 Å². The monoisotopic (exact) mass is 274 g/mol. The van der Waals surface area contributed by atoms with Crippen LogP contribution in [0.15, 0.2) is 0 Å². The molecular formula is C12H22N2O5. The van der Waals surface area contributed by atoms with Crippen LogP contribution in [0.3, 0.4) is 0 Å². The van der Waals surface area contributed by atoms with E-state index >= 15 is 0 Å². The minimum absolute atomic E-state index is 0.120. The number of hydrogen-bond acceptors (Lipinski definition) is 4. The average Bonchev–Trinajstić information content (AvgIpc) is 2.24. The van der Waals surface area contributed by atoms with Crippen LogP contribution in [0.1, 0.15) is 32.6 Å². The number of urea groups is 1. The number of ether oxygens (including phenoxy) is 1. The lowest BCUT2D eigenvalue weighted by atomic mass is 9.80. The summed E-state index contributed by atoms with van der Waals surface area (Å²) in [5.41, 5.74) is -1.72. The summed E-state index contributed by atoms with van der Waals surface area (Å²) in [6.07, 6.45) is 2.50. The summed E-state index contributed by atoms with van der Waals surface area (Å²) in [6, 6.07) is -0.436. The van der Waals surface area contributed by atoms with Crippen molar-refractivity contribution < 1.29 is 24.5 Å². The summed E-state index contributed by atoms with van der Waals surface area (Å²) >= 11 is 0. The Balaban J connectivity index is 2.26. The van der Waals surface area contributed by atoms with Crippen LogP contribution >= 0.6 is 0 Å². The fraction of sp³-hybridized carbons (Fsp3) is 0.833. The Morgan fingerprint density at radius 2 is 2.00 bits per heavy atom. The molecule has 1 rings (SSSR count). The van der Waals surface area contributed by atoms with Gasteiger partial charge in [0.05, 0.1) is 17.6 Å². The molecule has 0 radical (unpaired) electrons. The molecule has 0 heterocycles. The van der Waals surface area contributed by atoms with Crippen molar-refractivity contribution in [3.63, 3.8) is 0 Å². The smallest absolute Gasteiger partial charge is 0.314 e. The molecule has 0 spiro atoms. The summed E-state index contributed by atoms with van der Waals surface area (Å²) < 4.78 is 5.35. The largest absolute Gasteiger partial charge is 0.481 e. The van der Waals surface area contributed by atoms with Crippen molar-refractivity contribution in [2.75, 3.05) is 20.2 Å². The van der Waals surface area contributed by atoms with Gasteiger partial charge >= 0.3 is 12.0 Å². The number of carbonyl (C=O) groups excluding carboxylic acids is 1. The van der Waals surface area contributed by atoms with Gasteiger partial charge in [-0.15, -0.1) is 0 Å². The molecule has 1 fully saturated rings. The minimum atomic E-state index is -1.46. The highest BCUT2D eigenvalue weighted by Crippen LogP contribution is 2.34. The summed E-state index contributed by atoms with van der Waals surface area (Å²) in [7, 11) is 1.62. The molecule has 110 valence electrons. The predicted molar refractivity (Wildman–Crippen MR) is 67.9 cm³/mol. The van der Waals surface area contributed by atoms with Crippen molar-refractivity contribution in [2.24, 2.45) is 0 Å². The molecule has 1 saturated carbocycles. The number of carboxylic acid groups (broad SMARTS) is 1. The van der Waals surface area contributed by atoms with E-state index in [1.807, 2.05) is 0 Å². The van der Waals surface area contributed by atoms with E-state index in [4.69, 9.17) is 9.84 Å². The number of aliphatic hydroxyl groups is 1. The summed E-state index contributed by atoms with van der Waals surface area (Å²) in [5, 5.41) is 23.4. The summed E-state index contributed by atoms with van der Waals surface area (Å²) in [5.74, 6) is -1.11. The van der Waals surface area contributed by atoms with Crippen LogP contribution in [0.2, 0.25) is 0 Å². The molecule has 1 atom stereocenters. The van der Waals surface area contributed by atoms with E-state index in [9.17, 15) is 14.7 Å². The SMILES string of the molecule is COC1(CNC(=O)NCC(C)(O)CC(=O)O)CCC1. The van der Waals surface area contributed by atoms with E-state index in [0.29, 0.717) is 6.54 Å². The van der Waals surface area contributed by atoms with Gasteiger partial charge in [-0.3, -0.25) is 4.79 Å². The minimum Gasteiger partial charge on any atom is -0.481 e. The van der Waals surface area contributed by atoms with Crippen LogP contribution in [0.25, 0.3) is 0 Å². The predicted octanol–water partition coefficient (Wildman–Crippen LogP) is 0.0804. The maximum Gasteiger partial charge on any atom is 0.314 e. The first-order chi connectivity index (χ1) is 8.79. The van der Waals surface area contributed by atoms with Crippen LogP contribution in [-0.2, 0) is 9.53 Å². The zero-order chi connectivity index (χ0) is 14.5. The van der Waals surface area contributed by atoms with Gasteiger partial charge in [-0.25, -0.2) is 4.79 Å². The lowest BCUT2D eigenvalue weighted by Gasteiger charge is -2.40. The zero-order valence-corrected chi connectivity index (χ0v) is 11.4. The van der Waals surface area contributed by atoms with Crippen LogP contribution in [-0.4, -0.2) is 53.6 Å². The third kappa shape index (κ3) is 5.04. The van der Waals surface area contributed by atoms with Gasteiger partial charge in [0.15, 0.2) is 0 Å². The quantitative estimate of drug-likeness (QED) is 0.526. The lowest BCUT2D eigenvalue weighted by molar-refractivity contribution is -0.141. The van der Waals surface area contributed by atoms with Crippen LogP contribution < -0.4 is 10.6 Å². The molecule has 4 N–H and O–H groups in total. The van der Waals surface area contributed by atoms with Gasteiger partial charge in [0.1, 0.15) is 0 Å². The van der Waals surface area contributed by atoms with Gasteiger partial charge in [0.2, 0.25) is 0 Å². The van der Waals surface area contributed by atoms with E-state index < -0.39 is 24.0 Å². The number of aliphatic carboxylic acids is 1. The van der Waals surface area contributed by atoms with Gasteiger partial charge in [-0.05, 0) is 26.2 Å². The molecule has 19 heavy (non-hydrogen) atoms. The second-order valence-corrected chi connectivity index (χ2v) is 5.34. The Morgan fingerprint density at radius 1 is 1.37 bits per heavy atom. The molecule has 0 bridgehead atoms. The third-order valence-corrected chi connectivity index (χ3v) is 3.43. The highest BCUT2D eigenvalue weighted by molar-refractivity contribution is 5.74. The molecule has 0 aliphatic heterocycles. The number of amides is 2. The second-order valence-electron chi connectivity index (χ2n) is 5.34. The maximum atomic E-state index is 11.5. The Hall–Kier alpha value is -1.34. The molecule has 1 unspecified atom stereocenters. The van der Waals surface area contributed by atoms with Crippen LogP contribution in [0.4, 0.5) is 4.79 Å². The highest BCUT2D eigenvalue weighted by atomic mass is 16.5. The average molecular weight is 274 g/mol. The summed E-state index contributed by atoms with van der Waals surface area (Å²) in [6.45, 7) is 1.66. The van der Waals surface area contributed by atoms with E-state index in [0.717, 1.165) is 19.3 Å². The maximum absolute atomic E-state index is 11.5. The first-order valence-electron chi connectivity index (χ1n) is 6.30. The first kappa shape index (κ1) is 15.7. The third-order valence-electron chi connectivity index (χ3n) is 3.43. The molecular weight excluding hydrogens is 252 g/mol. The molecule has 1 aliphatic carbocycles. The number of carboxylic acids is 1. The number of hydrogen-bond donors (Lipinski definition) is 4. The molecule has 7 heteroatoms. The molecule has 1 aliphatic rings. The van der Waals surface area contributed by atoms with Crippen molar-refractivity contribution >= 4 is 12.0 Å². The van der Waals surface area contributed by atoms with Gasteiger partial charge in [-0.1, -0.05) is 0 Å². The Morgan fingerprint density at radius 3 is 2.42 bits per heavy atom. The zero-order valence-electron chi connectivity index (χ0n) is 11.4. The molecule has 0 aromatic rings. The topological polar surface area (TPSA) is 108 Å². The van der Waals surface area contributed by atoms with Crippen molar-refractivity contribution in [3.8, 4) is 0 Å². The Labute approximate surface area is 112 Å². The Bertz CT molecular complexity index is 334. The molecule has 0 aromatic heterocycles. The van der Waals surface area contributed by atoms with Gasteiger partial charge < -0.3 is 25.6 Å². The molecule has 7 nitrogen and oxygen atoms in total.